The number of carboxylic acids is 1. The van der Waals surface area contributed by atoms with E-state index in [1.54, 1.807) is 31.3 Å². The Morgan fingerprint density at radius 3 is 2.53 bits per heavy atom. The molecule has 4 rings (SSSR count). The van der Waals surface area contributed by atoms with Crippen molar-refractivity contribution < 1.29 is 28.2 Å². The Morgan fingerprint density at radius 1 is 1.12 bits per heavy atom. The Morgan fingerprint density at radius 2 is 1.85 bits per heavy atom. The molecule has 1 aliphatic rings. The van der Waals surface area contributed by atoms with Crippen molar-refractivity contribution in [2.75, 3.05) is 5.32 Å². The van der Waals surface area contributed by atoms with Gasteiger partial charge in [-0.25, -0.2) is 15.0 Å². The summed E-state index contributed by atoms with van der Waals surface area (Å²) in [6, 6.07) is 6.88. The molecule has 0 saturated heterocycles. The number of rotatable bonds is 6. The first kappa shape index (κ1) is 24.1. The predicted octanol–water partition coefficient (Wildman–Crippen LogP) is 5.46. The molecule has 1 aliphatic carbocycles. The van der Waals surface area contributed by atoms with Crippen LogP contribution in [0.3, 0.4) is 0 Å². The normalized spacial score (nSPS) is 20.5. The molecular weight excluding hydrogens is 469 g/mol. The largest absolute Gasteiger partial charge is 0.481 e. The van der Waals surface area contributed by atoms with Crippen LogP contribution in [0, 0.1) is 11.8 Å². The van der Waals surface area contributed by atoms with E-state index < -0.39 is 23.3 Å². The molecular formula is C23H23F3N4O3S. The maximum absolute atomic E-state index is 13.0. The minimum atomic E-state index is -4.47. The van der Waals surface area contributed by atoms with Gasteiger partial charge in [-0.05, 0) is 62.8 Å². The highest BCUT2D eigenvalue weighted by atomic mass is 32.1. The molecule has 3 aromatic heterocycles. The predicted molar refractivity (Wildman–Crippen MR) is 121 cm³/mol. The zero-order valence-corrected chi connectivity index (χ0v) is 19.0. The van der Waals surface area contributed by atoms with Crippen molar-refractivity contribution >= 4 is 28.9 Å². The first-order valence-electron chi connectivity index (χ1n) is 10.7. The average molecular weight is 493 g/mol. The number of nitrogens with zero attached hydrogens (tertiary/aromatic N) is 3. The van der Waals surface area contributed by atoms with E-state index in [4.69, 9.17) is 0 Å². The standard InChI is InChI=1S/C23H23F3N4O3S/c1-22(33,14-7-5-13(6-8-14)20(31)32)21-28-12-17(34-21)16-3-2-4-18(29-16)30-19-11-15(9-10-27-19)23(24,25)26/h2-4,9-14,33H,5-8H2,1H3,(H,31,32)(H,27,29,30). The molecule has 0 radical (unpaired) electrons. The van der Waals surface area contributed by atoms with Gasteiger partial charge in [0.25, 0.3) is 0 Å². The highest BCUT2D eigenvalue weighted by Crippen LogP contribution is 2.43. The third kappa shape index (κ3) is 5.20. The zero-order chi connectivity index (χ0) is 24.5. The molecule has 0 amide bonds. The Kier molecular flexibility index (Phi) is 6.59. The van der Waals surface area contributed by atoms with Gasteiger partial charge in [0.15, 0.2) is 0 Å². The SMILES string of the molecule is CC(O)(c1ncc(-c2cccc(Nc3cc(C(F)(F)F)ccn3)n2)s1)C1CCC(C(=O)O)CC1. The first-order chi connectivity index (χ1) is 16.0. The fraction of sp³-hybridized carbons (Fsp3) is 0.391. The summed E-state index contributed by atoms with van der Waals surface area (Å²) in [5.41, 5.74) is -1.47. The van der Waals surface area contributed by atoms with Crippen LogP contribution in [-0.2, 0) is 16.6 Å². The summed E-state index contributed by atoms with van der Waals surface area (Å²) in [6.07, 6.45) is 0.446. The molecule has 3 N–H and O–H groups in total. The average Bonchev–Trinajstić information content (AvgIpc) is 3.30. The maximum atomic E-state index is 13.0. The molecule has 0 aliphatic heterocycles. The molecule has 3 heterocycles. The number of alkyl halides is 3. The maximum Gasteiger partial charge on any atom is 0.416 e. The molecule has 11 heteroatoms. The molecule has 1 unspecified atom stereocenters. The van der Waals surface area contributed by atoms with Crippen LogP contribution in [0.4, 0.5) is 24.8 Å². The van der Waals surface area contributed by atoms with Gasteiger partial charge in [0.2, 0.25) is 0 Å². The Balaban J connectivity index is 1.50. The second-order valence-electron chi connectivity index (χ2n) is 8.52. The van der Waals surface area contributed by atoms with Crippen LogP contribution in [-0.4, -0.2) is 31.1 Å². The lowest BCUT2D eigenvalue weighted by molar-refractivity contribution is -0.144. The number of aromatic nitrogens is 3. The smallest absolute Gasteiger partial charge is 0.416 e. The highest BCUT2D eigenvalue weighted by Gasteiger charge is 2.40. The van der Waals surface area contributed by atoms with Crippen molar-refractivity contribution in [1.82, 2.24) is 15.0 Å². The summed E-state index contributed by atoms with van der Waals surface area (Å²) in [4.78, 5) is 24.7. The third-order valence-electron chi connectivity index (χ3n) is 6.15. The van der Waals surface area contributed by atoms with E-state index in [0.717, 1.165) is 18.3 Å². The van der Waals surface area contributed by atoms with Crippen molar-refractivity contribution in [3.8, 4) is 10.6 Å². The number of anilines is 2. The number of aliphatic carboxylic acids is 1. The van der Waals surface area contributed by atoms with Gasteiger partial charge in [-0.2, -0.15) is 13.2 Å². The number of hydrogen-bond acceptors (Lipinski definition) is 7. The molecule has 0 spiro atoms. The fourth-order valence-electron chi connectivity index (χ4n) is 4.15. The van der Waals surface area contributed by atoms with Gasteiger partial charge in [-0.3, -0.25) is 4.79 Å². The molecule has 1 fully saturated rings. The Bertz CT molecular complexity index is 1170. The lowest BCUT2D eigenvalue weighted by Gasteiger charge is -2.35. The van der Waals surface area contributed by atoms with E-state index in [0.29, 0.717) is 47.1 Å². The molecule has 7 nitrogen and oxygen atoms in total. The van der Waals surface area contributed by atoms with Gasteiger partial charge in [0.1, 0.15) is 22.2 Å². The molecule has 34 heavy (non-hydrogen) atoms. The zero-order valence-electron chi connectivity index (χ0n) is 18.2. The van der Waals surface area contributed by atoms with E-state index in [1.807, 2.05) is 0 Å². The van der Waals surface area contributed by atoms with E-state index in [-0.39, 0.29) is 17.7 Å². The van der Waals surface area contributed by atoms with Crippen LogP contribution in [0.15, 0.2) is 42.7 Å². The van der Waals surface area contributed by atoms with Gasteiger partial charge in [-0.1, -0.05) is 6.07 Å². The van der Waals surface area contributed by atoms with Gasteiger partial charge in [0.05, 0.1) is 22.1 Å². The minimum absolute atomic E-state index is 0.0179. The molecule has 1 saturated carbocycles. The third-order valence-corrected chi connectivity index (χ3v) is 7.40. The lowest BCUT2D eigenvalue weighted by atomic mass is 9.74. The van der Waals surface area contributed by atoms with Crippen LogP contribution in [0.5, 0.6) is 0 Å². The lowest BCUT2D eigenvalue weighted by Crippen LogP contribution is -2.35. The summed E-state index contributed by atoms with van der Waals surface area (Å²) in [5.74, 6) is -0.934. The molecule has 1 atom stereocenters. The van der Waals surface area contributed by atoms with E-state index in [9.17, 15) is 28.2 Å². The first-order valence-corrected chi connectivity index (χ1v) is 11.5. The minimum Gasteiger partial charge on any atom is -0.481 e. The number of thiazole rings is 1. The summed E-state index contributed by atoms with van der Waals surface area (Å²) >= 11 is 1.28. The molecule has 0 bridgehead atoms. The quantitative estimate of drug-likeness (QED) is 0.419. The van der Waals surface area contributed by atoms with Crippen LogP contribution >= 0.6 is 11.3 Å². The van der Waals surface area contributed by atoms with Crippen molar-refractivity contribution in [2.24, 2.45) is 11.8 Å². The van der Waals surface area contributed by atoms with Crippen molar-refractivity contribution in [2.45, 2.75) is 44.4 Å². The van der Waals surface area contributed by atoms with Crippen LogP contribution in [0.1, 0.15) is 43.2 Å². The number of carboxylic acid groups (broad SMARTS) is 1. The van der Waals surface area contributed by atoms with E-state index in [1.165, 1.54) is 11.3 Å². The number of hydrogen-bond donors (Lipinski definition) is 3. The Hall–Kier alpha value is -3.05. The van der Waals surface area contributed by atoms with Crippen LogP contribution in [0.2, 0.25) is 0 Å². The number of halogens is 3. The summed E-state index contributed by atoms with van der Waals surface area (Å²) < 4.78 is 38.9. The van der Waals surface area contributed by atoms with Crippen LogP contribution < -0.4 is 5.32 Å². The molecule has 180 valence electrons. The summed E-state index contributed by atoms with van der Waals surface area (Å²) in [6.45, 7) is 1.70. The fourth-order valence-corrected chi connectivity index (χ4v) is 5.16. The van der Waals surface area contributed by atoms with Crippen molar-refractivity contribution in [3.05, 3.63) is 53.3 Å². The number of aliphatic hydroxyl groups is 1. The second-order valence-corrected chi connectivity index (χ2v) is 9.56. The molecule has 3 aromatic rings. The van der Waals surface area contributed by atoms with Gasteiger partial charge < -0.3 is 15.5 Å². The topological polar surface area (TPSA) is 108 Å². The van der Waals surface area contributed by atoms with Gasteiger partial charge in [-0.15, -0.1) is 11.3 Å². The van der Waals surface area contributed by atoms with E-state index in [2.05, 4.69) is 20.3 Å². The summed E-state index contributed by atoms with van der Waals surface area (Å²) in [5, 5.41) is 23.7. The second kappa shape index (κ2) is 9.30. The van der Waals surface area contributed by atoms with Crippen LogP contribution in [0.25, 0.3) is 10.6 Å². The number of pyridine rings is 2. The number of nitrogens with one attached hydrogen (secondary N) is 1. The van der Waals surface area contributed by atoms with Crippen molar-refractivity contribution in [3.63, 3.8) is 0 Å². The van der Waals surface area contributed by atoms with E-state index >= 15 is 0 Å². The van der Waals surface area contributed by atoms with Crippen molar-refractivity contribution in [1.29, 1.82) is 0 Å². The number of carbonyl (C=O) groups is 1. The van der Waals surface area contributed by atoms with Gasteiger partial charge >= 0.3 is 12.1 Å². The molecule has 0 aromatic carbocycles. The highest BCUT2D eigenvalue weighted by molar-refractivity contribution is 7.15. The Labute approximate surface area is 197 Å². The van der Waals surface area contributed by atoms with Gasteiger partial charge in [0, 0.05) is 12.4 Å². The summed E-state index contributed by atoms with van der Waals surface area (Å²) in [7, 11) is 0. The monoisotopic (exact) mass is 492 g/mol.